The van der Waals surface area contributed by atoms with Crippen LogP contribution in [0.1, 0.15) is 32.1 Å². The first-order valence-electron chi connectivity index (χ1n) is 6.14. The van der Waals surface area contributed by atoms with E-state index >= 15 is 0 Å². The molecule has 1 saturated carbocycles. The van der Waals surface area contributed by atoms with Gasteiger partial charge in [0.05, 0.1) is 6.10 Å². The van der Waals surface area contributed by atoms with E-state index in [-0.39, 0.29) is 6.10 Å². The van der Waals surface area contributed by atoms with Gasteiger partial charge in [-0.1, -0.05) is 12.8 Å². The quantitative estimate of drug-likeness (QED) is 0.744. The number of nitrogens with zero attached hydrogens (tertiary/aromatic N) is 2. The third kappa shape index (κ3) is 4.49. The van der Waals surface area contributed by atoms with Crippen LogP contribution in [0, 0.1) is 0 Å². The summed E-state index contributed by atoms with van der Waals surface area (Å²) in [5.41, 5.74) is 0. The van der Waals surface area contributed by atoms with Crippen LogP contribution in [-0.2, 0) is 0 Å². The Morgan fingerprint density at radius 3 is 2.33 bits per heavy atom. The van der Waals surface area contributed by atoms with Crippen LogP contribution in [0.5, 0.6) is 0 Å². The average Bonchev–Trinajstić information content (AvgIpc) is 2.17. The van der Waals surface area contributed by atoms with Crippen LogP contribution >= 0.6 is 0 Å². The highest BCUT2D eigenvalue weighted by atomic mass is 16.3. The molecule has 3 nitrogen and oxygen atoms in total. The summed E-state index contributed by atoms with van der Waals surface area (Å²) in [5, 5.41) is 9.90. The zero-order valence-electron chi connectivity index (χ0n) is 10.4. The summed E-state index contributed by atoms with van der Waals surface area (Å²) in [4.78, 5) is 4.55. The summed E-state index contributed by atoms with van der Waals surface area (Å²) in [6.07, 6.45) is 5.72. The van der Waals surface area contributed by atoms with E-state index in [0.29, 0.717) is 6.04 Å². The molecular weight excluding hydrogens is 188 g/mol. The molecule has 1 N–H and O–H groups in total. The van der Waals surface area contributed by atoms with Crippen molar-refractivity contribution in [1.29, 1.82) is 0 Å². The Bertz CT molecular complexity index is 173. The van der Waals surface area contributed by atoms with E-state index in [1.807, 2.05) is 0 Å². The van der Waals surface area contributed by atoms with E-state index in [1.165, 1.54) is 25.7 Å². The zero-order valence-corrected chi connectivity index (χ0v) is 10.4. The SMILES string of the molecule is CN(C)CCCN(C)[C@H]1CCCC[C@@H]1O. The first-order chi connectivity index (χ1) is 7.11. The predicted molar refractivity (Wildman–Crippen MR) is 64.1 cm³/mol. The van der Waals surface area contributed by atoms with Crippen LogP contribution in [-0.4, -0.2) is 61.3 Å². The number of hydrogen-bond acceptors (Lipinski definition) is 3. The molecule has 0 spiro atoms. The Balaban J connectivity index is 2.22. The highest BCUT2D eigenvalue weighted by Crippen LogP contribution is 2.22. The van der Waals surface area contributed by atoms with Gasteiger partial charge in [-0.15, -0.1) is 0 Å². The highest BCUT2D eigenvalue weighted by molar-refractivity contribution is 4.81. The molecular formula is C12H26N2O. The fraction of sp³-hybridized carbons (Fsp3) is 1.00. The lowest BCUT2D eigenvalue weighted by molar-refractivity contribution is 0.0312. The molecule has 1 aliphatic carbocycles. The third-order valence-electron chi connectivity index (χ3n) is 3.38. The number of rotatable bonds is 5. The Kier molecular flexibility index (Phi) is 5.58. The van der Waals surface area contributed by atoms with Gasteiger partial charge in [-0.3, -0.25) is 0 Å². The van der Waals surface area contributed by atoms with Crippen molar-refractivity contribution in [2.45, 2.75) is 44.2 Å². The number of aliphatic hydroxyl groups is 1. The molecule has 0 aromatic heterocycles. The van der Waals surface area contributed by atoms with Gasteiger partial charge in [-0.05, 0) is 53.5 Å². The van der Waals surface area contributed by atoms with Gasteiger partial charge in [0.15, 0.2) is 0 Å². The maximum Gasteiger partial charge on any atom is 0.0695 e. The highest BCUT2D eigenvalue weighted by Gasteiger charge is 2.25. The minimum atomic E-state index is -0.0943. The average molecular weight is 214 g/mol. The lowest BCUT2D eigenvalue weighted by Gasteiger charge is -2.35. The molecule has 0 bridgehead atoms. The van der Waals surface area contributed by atoms with Crippen molar-refractivity contribution >= 4 is 0 Å². The molecule has 0 amide bonds. The van der Waals surface area contributed by atoms with Crippen molar-refractivity contribution in [3.8, 4) is 0 Å². The van der Waals surface area contributed by atoms with Gasteiger partial charge in [0.1, 0.15) is 0 Å². The molecule has 0 unspecified atom stereocenters. The van der Waals surface area contributed by atoms with E-state index in [1.54, 1.807) is 0 Å². The monoisotopic (exact) mass is 214 g/mol. The molecule has 1 fully saturated rings. The molecule has 90 valence electrons. The lowest BCUT2D eigenvalue weighted by atomic mass is 9.91. The second-order valence-corrected chi connectivity index (χ2v) is 5.06. The van der Waals surface area contributed by atoms with Crippen molar-refractivity contribution in [1.82, 2.24) is 9.80 Å². The Labute approximate surface area is 94.1 Å². The summed E-state index contributed by atoms with van der Waals surface area (Å²) < 4.78 is 0. The van der Waals surface area contributed by atoms with Crippen molar-refractivity contribution in [3.05, 3.63) is 0 Å². The summed E-state index contributed by atoms with van der Waals surface area (Å²) in [7, 11) is 6.36. The molecule has 0 radical (unpaired) electrons. The molecule has 0 aromatic carbocycles. The van der Waals surface area contributed by atoms with E-state index < -0.39 is 0 Å². The fourth-order valence-corrected chi connectivity index (χ4v) is 2.41. The molecule has 1 aliphatic rings. The molecule has 1 rings (SSSR count). The number of aliphatic hydroxyl groups excluding tert-OH is 1. The van der Waals surface area contributed by atoms with Crippen LogP contribution in [0.25, 0.3) is 0 Å². The standard InChI is InChI=1S/C12H26N2O/c1-13(2)9-6-10-14(3)11-7-4-5-8-12(11)15/h11-12,15H,4-10H2,1-3H3/t11-,12-/m0/s1. The molecule has 3 heteroatoms. The molecule has 0 saturated heterocycles. The third-order valence-corrected chi connectivity index (χ3v) is 3.38. The molecule has 0 aliphatic heterocycles. The van der Waals surface area contributed by atoms with E-state index in [0.717, 1.165) is 19.5 Å². The maximum atomic E-state index is 9.90. The van der Waals surface area contributed by atoms with Gasteiger partial charge in [0.2, 0.25) is 0 Å². The van der Waals surface area contributed by atoms with Crippen LogP contribution in [0.3, 0.4) is 0 Å². The Hall–Kier alpha value is -0.120. The van der Waals surface area contributed by atoms with E-state index in [2.05, 4.69) is 30.9 Å². The van der Waals surface area contributed by atoms with Crippen LogP contribution in [0.15, 0.2) is 0 Å². The van der Waals surface area contributed by atoms with Crippen molar-refractivity contribution in [3.63, 3.8) is 0 Å². The summed E-state index contributed by atoms with van der Waals surface area (Å²) in [5.74, 6) is 0. The largest absolute Gasteiger partial charge is 0.391 e. The Morgan fingerprint density at radius 2 is 1.73 bits per heavy atom. The smallest absolute Gasteiger partial charge is 0.0695 e. The Morgan fingerprint density at radius 1 is 1.07 bits per heavy atom. The van der Waals surface area contributed by atoms with Gasteiger partial charge in [-0.2, -0.15) is 0 Å². The maximum absolute atomic E-state index is 9.90. The molecule has 0 aromatic rings. The summed E-state index contributed by atoms with van der Waals surface area (Å²) >= 11 is 0. The minimum absolute atomic E-state index is 0.0943. The van der Waals surface area contributed by atoms with Gasteiger partial charge in [0, 0.05) is 6.04 Å². The summed E-state index contributed by atoms with van der Waals surface area (Å²) in [6.45, 7) is 2.23. The molecule has 15 heavy (non-hydrogen) atoms. The topological polar surface area (TPSA) is 26.7 Å². The van der Waals surface area contributed by atoms with Crippen LogP contribution in [0.4, 0.5) is 0 Å². The first-order valence-corrected chi connectivity index (χ1v) is 6.14. The van der Waals surface area contributed by atoms with Gasteiger partial charge in [-0.25, -0.2) is 0 Å². The van der Waals surface area contributed by atoms with Crippen molar-refractivity contribution in [2.24, 2.45) is 0 Å². The molecule has 0 heterocycles. The number of hydrogen-bond donors (Lipinski definition) is 1. The van der Waals surface area contributed by atoms with Crippen LogP contribution in [0.2, 0.25) is 0 Å². The van der Waals surface area contributed by atoms with Crippen LogP contribution < -0.4 is 0 Å². The second-order valence-electron chi connectivity index (χ2n) is 5.06. The van der Waals surface area contributed by atoms with Crippen molar-refractivity contribution in [2.75, 3.05) is 34.2 Å². The van der Waals surface area contributed by atoms with E-state index in [4.69, 9.17) is 0 Å². The summed E-state index contributed by atoms with van der Waals surface area (Å²) in [6, 6.07) is 0.404. The zero-order chi connectivity index (χ0) is 11.3. The fourth-order valence-electron chi connectivity index (χ4n) is 2.41. The predicted octanol–water partition coefficient (Wildman–Crippen LogP) is 1.17. The van der Waals surface area contributed by atoms with E-state index in [9.17, 15) is 5.11 Å². The number of likely N-dealkylation sites (N-methyl/N-ethyl adjacent to an activating group) is 1. The van der Waals surface area contributed by atoms with Gasteiger partial charge >= 0.3 is 0 Å². The molecule has 2 atom stereocenters. The lowest BCUT2D eigenvalue weighted by Crippen LogP contribution is -2.44. The first kappa shape index (κ1) is 12.9. The van der Waals surface area contributed by atoms with Gasteiger partial charge in [0.25, 0.3) is 0 Å². The van der Waals surface area contributed by atoms with Gasteiger partial charge < -0.3 is 14.9 Å². The minimum Gasteiger partial charge on any atom is -0.391 e. The normalized spacial score (nSPS) is 27.6. The van der Waals surface area contributed by atoms with Crippen molar-refractivity contribution < 1.29 is 5.11 Å². The second kappa shape index (κ2) is 6.46.